The fraction of sp³-hybridized carbons (Fsp3) is 0.389. The maximum Gasteiger partial charge on any atom is 0.223 e. The van der Waals surface area contributed by atoms with Crippen LogP contribution >= 0.6 is 0 Å². The Bertz CT molecular complexity index is 723. The predicted octanol–water partition coefficient (Wildman–Crippen LogP) is 2.46. The van der Waals surface area contributed by atoms with Crippen LogP contribution in [0.15, 0.2) is 36.5 Å². The molecule has 1 amide bonds. The van der Waals surface area contributed by atoms with Crippen molar-refractivity contribution in [2.45, 2.75) is 25.9 Å². The molecule has 1 aromatic heterocycles. The molecule has 0 saturated carbocycles. The number of hydrogen-bond acceptors (Lipinski definition) is 4. The molecule has 2 heterocycles. The van der Waals surface area contributed by atoms with Crippen molar-refractivity contribution < 1.29 is 13.9 Å². The lowest BCUT2D eigenvalue weighted by atomic mass is 10.1. The zero-order valence-electron chi connectivity index (χ0n) is 13.6. The maximum absolute atomic E-state index is 13.6. The van der Waals surface area contributed by atoms with Gasteiger partial charge in [-0.1, -0.05) is 18.2 Å². The van der Waals surface area contributed by atoms with Crippen LogP contribution in [-0.2, 0) is 16.0 Å². The molecule has 0 unspecified atom stereocenters. The third kappa shape index (κ3) is 3.94. The standard InChI is InChI=1S/C18H20FN3O2/c1-13-8-9-20-18(21-13)16-12-22(10-11-24-16)17(23)7-6-14-4-2-3-5-15(14)19/h2-5,8-9,16H,6-7,10-12H2,1H3/t16-/m1/s1. The van der Waals surface area contributed by atoms with Crippen molar-refractivity contribution in [2.24, 2.45) is 0 Å². The van der Waals surface area contributed by atoms with Crippen LogP contribution in [0, 0.1) is 12.7 Å². The van der Waals surface area contributed by atoms with Gasteiger partial charge < -0.3 is 9.64 Å². The van der Waals surface area contributed by atoms with Crippen LogP contribution in [0.25, 0.3) is 0 Å². The number of rotatable bonds is 4. The van der Waals surface area contributed by atoms with Gasteiger partial charge in [0.25, 0.3) is 0 Å². The lowest BCUT2D eigenvalue weighted by Gasteiger charge is -2.32. The quantitative estimate of drug-likeness (QED) is 0.865. The Balaban J connectivity index is 1.60. The van der Waals surface area contributed by atoms with Gasteiger partial charge in [-0.25, -0.2) is 14.4 Å². The average molecular weight is 329 g/mol. The van der Waals surface area contributed by atoms with Crippen LogP contribution in [0.1, 0.15) is 29.6 Å². The number of aromatic nitrogens is 2. The molecule has 0 spiro atoms. The van der Waals surface area contributed by atoms with E-state index in [1.165, 1.54) is 6.07 Å². The molecule has 2 aromatic rings. The molecular weight excluding hydrogens is 309 g/mol. The van der Waals surface area contributed by atoms with Gasteiger partial charge in [-0.3, -0.25) is 4.79 Å². The largest absolute Gasteiger partial charge is 0.367 e. The van der Waals surface area contributed by atoms with Crippen molar-refractivity contribution >= 4 is 5.91 Å². The summed E-state index contributed by atoms with van der Waals surface area (Å²) in [5, 5.41) is 0. The minimum atomic E-state index is -0.309. The summed E-state index contributed by atoms with van der Waals surface area (Å²) >= 11 is 0. The van der Waals surface area contributed by atoms with Crippen LogP contribution in [0.4, 0.5) is 4.39 Å². The van der Waals surface area contributed by atoms with Gasteiger partial charge in [0.1, 0.15) is 11.9 Å². The summed E-state index contributed by atoms with van der Waals surface area (Å²) in [6, 6.07) is 8.38. The summed E-state index contributed by atoms with van der Waals surface area (Å²) in [6.07, 6.45) is 2.06. The van der Waals surface area contributed by atoms with Crippen molar-refractivity contribution in [3.63, 3.8) is 0 Å². The first-order chi connectivity index (χ1) is 11.6. The zero-order chi connectivity index (χ0) is 16.9. The lowest BCUT2D eigenvalue weighted by molar-refractivity contribution is -0.139. The van der Waals surface area contributed by atoms with E-state index >= 15 is 0 Å². The molecule has 24 heavy (non-hydrogen) atoms. The Morgan fingerprint density at radius 1 is 1.38 bits per heavy atom. The summed E-state index contributed by atoms with van der Waals surface area (Å²) in [5.41, 5.74) is 1.43. The van der Waals surface area contributed by atoms with E-state index in [1.54, 1.807) is 29.3 Å². The Hall–Kier alpha value is -2.34. The van der Waals surface area contributed by atoms with Crippen LogP contribution in [0.3, 0.4) is 0 Å². The third-order valence-corrected chi connectivity index (χ3v) is 4.09. The number of carbonyl (C=O) groups excluding carboxylic acids is 1. The van der Waals surface area contributed by atoms with E-state index in [9.17, 15) is 9.18 Å². The number of ether oxygens (including phenoxy) is 1. The minimum absolute atomic E-state index is 0.000735. The summed E-state index contributed by atoms with van der Waals surface area (Å²) < 4.78 is 19.3. The van der Waals surface area contributed by atoms with Gasteiger partial charge in [-0.2, -0.15) is 0 Å². The van der Waals surface area contributed by atoms with Gasteiger partial charge in [-0.05, 0) is 31.0 Å². The second-order valence-electron chi connectivity index (χ2n) is 5.85. The molecule has 1 atom stereocenters. The van der Waals surface area contributed by atoms with Gasteiger partial charge in [0.15, 0.2) is 5.82 Å². The van der Waals surface area contributed by atoms with E-state index in [-0.39, 0.29) is 24.2 Å². The second kappa shape index (κ2) is 7.49. The highest BCUT2D eigenvalue weighted by Crippen LogP contribution is 2.20. The van der Waals surface area contributed by atoms with Crippen molar-refractivity contribution in [1.82, 2.24) is 14.9 Å². The number of amides is 1. The third-order valence-electron chi connectivity index (χ3n) is 4.09. The molecule has 0 bridgehead atoms. The molecule has 0 aliphatic carbocycles. The summed E-state index contributed by atoms with van der Waals surface area (Å²) in [7, 11) is 0. The fourth-order valence-electron chi connectivity index (χ4n) is 2.76. The molecule has 1 saturated heterocycles. The molecule has 1 aromatic carbocycles. The maximum atomic E-state index is 13.6. The molecule has 1 fully saturated rings. The van der Waals surface area contributed by atoms with E-state index in [2.05, 4.69) is 9.97 Å². The Labute approximate surface area is 140 Å². The average Bonchev–Trinajstić information content (AvgIpc) is 2.61. The topological polar surface area (TPSA) is 55.3 Å². The SMILES string of the molecule is Cc1ccnc([C@H]2CN(C(=O)CCc3ccccc3F)CCO2)n1. The van der Waals surface area contributed by atoms with Gasteiger partial charge >= 0.3 is 0 Å². The number of nitrogens with zero attached hydrogens (tertiary/aromatic N) is 3. The van der Waals surface area contributed by atoms with E-state index < -0.39 is 0 Å². The van der Waals surface area contributed by atoms with E-state index in [0.717, 1.165) is 5.69 Å². The van der Waals surface area contributed by atoms with Crippen LogP contribution in [0.5, 0.6) is 0 Å². The molecule has 1 aliphatic rings. The van der Waals surface area contributed by atoms with Gasteiger partial charge in [0, 0.05) is 24.9 Å². The molecule has 3 rings (SSSR count). The molecule has 126 valence electrons. The molecule has 0 N–H and O–H groups in total. The Morgan fingerprint density at radius 3 is 3.00 bits per heavy atom. The minimum Gasteiger partial charge on any atom is -0.367 e. The first-order valence-corrected chi connectivity index (χ1v) is 8.06. The summed E-state index contributed by atoms with van der Waals surface area (Å²) in [4.78, 5) is 22.8. The normalized spacial score (nSPS) is 17.8. The predicted molar refractivity (Wildman–Crippen MR) is 86.8 cm³/mol. The van der Waals surface area contributed by atoms with Crippen molar-refractivity contribution in [1.29, 1.82) is 0 Å². The van der Waals surface area contributed by atoms with Crippen LogP contribution in [0.2, 0.25) is 0 Å². The second-order valence-corrected chi connectivity index (χ2v) is 5.85. The molecule has 1 aliphatic heterocycles. The Morgan fingerprint density at radius 2 is 2.21 bits per heavy atom. The first-order valence-electron chi connectivity index (χ1n) is 8.06. The summed E-state index contributed by atoms with van der Waals surface area (Å²) in [6.45, 7) is 3.32. The van der Waals surface area contributed by atoms with Crippen molar-refractivity contribution in [2.75, 3.05) is 19.7 Å². The van der Waals surface area contributed by atoms with Crippen LogP contribution < -0.4 is 0 Å². The van der Waals surface area contributed by atoms with E-state index in [0.29, 0.717) is 37.5 Å². The van der Waals surface area contributed by atoms with Gasteiger partial charge in [-0.15, -0.1) is 0 Å². The van der Waals surface area contributed by atoms with Gasteiger partial charge in [0.05, 0.1) is 13.2 Å². The highest BCUT2D eigenvalue weighted by Gasteiger charge is 2.27. The summed E-state index contributed by atoms with van der Waals surface area (Å²) in [5.74, 6) is 0.333. The van der Waals surface area contributed by atoms with Crippen molar-refractivity contribution in [3.8, 4) is 0 Å². The first kappa shape index (κ1) is 16.5. The molecular formula is C18H20FN3O2. The molecule has 0 radical (unpaired) electrons. The number of benzene rings is 1. The molecule has 6 heteroatoms. The number of carbonyl (C=O) groups is 1. The zero-order valence-corrected chi connectivity index (χ0v) is 13.6. The monoisotopic (exact) mass is 329 g/mol. The number of morpholine rings is 1. The van der Waals surface area contributed by atoms with Gasteiger partial charge in [0.2, 0.25) is 5.91 Å². The van der Waals surface area contributed by atoms with E-state index in [4.69, 9.17) is 4.74 Å². The number of aryl methyl sites for hydroxylation is 2. The van der Waals surface area contributed by atoms with E-state index in [1.807, 2.05) is 13.0 Å². The fourth-order valence-corrected chi connectivity index (χ4v) is 2.76. The lowest BCUT2D eigenvalue weighted by Crippen LogP contribution is -2.42. The van der Waals surface area contributed by atoms with Crippen molar-refractivity contribution in [3.05, 3.63) is 59.4 Å². The molecule has 5 nitrogen and oxygen atoms in total. The Kier molecular flexibility index (Phi) is 5.15. The number of hydrogen-bond donors (Lipinski definition) is 0. The highest BCUT2D eigenvalue weighted by atomic mass is 19.1. The van der Waals surface area contributed by atoms with Crippen LogP contribution in [-0.4, -0.2) is 40.5 Å². The highest BCUT2D eigenvalue weighted by molar-refractivity contribution is 5.76. The smallest absolute Gasteiger partial charge is 0.223 e. The number of halogens is 1.